The largest absolute Gasteiger partial charge is 0.392 e. The highest BCUT2D eigenvalue weighted by Crippen LogP contribution is 2.31. The van der Waals surface area contributed by atoms with Crippen LogP contribution in [0.1, 0.15) is 37.9 Å². The van der Waals surface area contributed by atoms with Crippen LogP contribution < -0.4 is 4.90 Å². The molecule has 0 unspecified atom stereocenters. The van der Waals surface area contributed by atoms with E-state index < -0.39 is 0 Å². The van der Waals surface area contributed by atoms with Crippen LogP contribution in [0.2, 0.25) is 0 Å². The van der Waals surface area contributed by atoms with Gasteiger partial charge in [0.05, 0.1) is 6.61 Å². The van der Waals surface area contributed by atoms with E-state index >= 15 is 0 Å². The van der Waals surface area contributed by atoms with Crippen molar-refractivity contribution in [3.05, 3.63) is 17.5 Å². The third-order valence-electron chi connectivity index (χ3n) is 3.38. The van der Waals surface area contributed by atoms with Gasteiger partial charge in [-0.15, -0.1) is 0 Å². The molecular weight excluding hydrogens is 202 g/mol. The number of anilines is 1. The molecule has 1 N–H and O–H groups in total. The Labute approximate surface area is 96.3 Å². The lowest BCUT2D eigenvalue weighted by Crippen LogP contribution is -2.39. The number of aliphatic hydroxyl groups excluding tert-OH is 1. The van der Waals surface area contributed by atoms with Crippen LogP contribution in [0.15, 0.2) is 6.20 Å². The summed E-state index contributed by atoms with van der Waals surface area (Å²) in [6, 6.07) is 0. The smallest absolute Gasteiger partial charge is 0.225 e. The second kappa shape index (κ2) is 4.01. The molecule has 0 saturated carbocycles. The minimum absolute atomic E-state index is 0.00943. The van der Waals surface area contributed by atoms with E-state index in [4.69, 9.17) is 5.11 Å². The summed E-state index contributed by atoms with van der Waals surface area (Å²) in [5.41, 5.74) is 1.82. The van der Waals surface area contributed by atoms with Crippen LogP contribution in [0.4, 0.5) is 5.95 Å². The van der Waals surface area contributed by atoms with Gasteiger partial charge in [-0.1, -0.05) is 0 Å². The number of aromatic nitrogens is 2. The van der Waals surface area contributed by atoms with Crippen LogP contribution in [-0.2, 0) is 6.61 Å². The number of rotatable bonds is 2. The molecule has 1 aliphatic heterocycles. The lowest BCUT2D eigenvalue weighted by molar-refractivity contribution is 0.280. The molecule has 1 aromatic rings. The Kier molecular flexibility index (Phi) is 2.84. The van der Waals surface area contributed by atoms with Crippen molar-refractivity contribution in [2.75, 3.05) is 11.4 Å². The normalized spacial score (nSPS) is 19.1. The molecule has 1 aliphatic rings. The van der Waals surface area contributed by atoms with Crippen molar-refractivity contribution in [1.82, 2.24) is 9.97 Å². The molecule has 1 saturated heterocycles. The van der Waals surface area contributed by atoms with E-state index in [-0.39, 0.29) is 12.1 Å². The molecule has 0 atom stereocenters. The maximum Gasteiger partial charge on any atom is 0.225 e. The zero-order valence-corrected chi connectivity index (χ0v) is 10.2. The van der Waals surface area contributed by atoms with Crippen LogP contribution in [0.3, 0.4) is 0 Å². The van der Waals surface area contributed by atoms with Gasteiger partial charge in [-0.3, -0.25) is 0 Å². The summed E-state index contributed by atoms with van der Waals surface area (Å²) >= 11 is 0. The highest BCUT2D eigenvalue weighted by molar-refractivity contribution is 5.38. The minimum atomic E-state index is 0.00943. The van der Waals surface area contributed by atoms with Gasteiger partial charge in [0, 0.05) is 29.5 Å². The Hall–Kier alpha value is -1.16. The zero-order chi connectivity index (χ0) is 11.8. The molecule has 0 aliphatic carbocycles. The lowest BCUT2D eigenvalue weighted by Gasteiger charge is -2.31. The van der Waals surface area contributed by atoms with E-state index in [1.54, 1.807) is 6.20 Å². The number of hydrogen-bond acceptors (Lipinski definition) is 4. The number of nitrogens with zero attached hydrogens (tertiary/aromatic N) is 3. The number of aryl methyl sites for hydroxylation is 1. The van der Waals surface area contributed by atoms with Crippen LogP contribution in [0.25, 0.3) is 0 Å². The highest BCUT2D eigenvalue weighted by Gasteiger charge is 2.33. The maximum atomic E-state index is 9.08. The lowest BCUT2D eigenvalue weighted by atomic mass is 10.0. The Balaban J connectivity index is 2.31. The number of hydrogen-bond donors (Lipinski definition) is 1. The van der Waals surface area contributed by atoms with Gasteiger partial charge in [-0.05, 0) is 33.6 Å². The molecule has 16 heavy (non-hydrogen) atoms. The summed E-state index contributed by atoms with van der Waals surface area (Å²) in [5.74, 6) is 0.789. The molecule has 88 valence electrons. The van der Waals surface area contributed by atoms with Crippen molar-refractivity contribution >= 4 is 5.95 Å². The standard InChI is InChI=1S/C12H19N3O/c1-9-10(8-16)7-13-11(14-9)15-6-4-5-12(15,2)3/h7,16H,4-6,8H2,1-3H3. The molecule has 0 aromatic carbocycles. The number of aliphatic hydroxyl groups is 1. The van der Waals surface area contributed by atoms with E-state index in [0.717, 1.165) is 23.8 Å². The summed E-state index contributed by atoms with van der Waals surface area (Å²) in [7, 11) is 0. The van der Waals surface area contributed by atoms with E-state index in [1.165, 1.54) is 12.8 Å². The van der Waals surface area contributed by atoms with Crippen LogP contribution in [0.5, 0.6) is 0 Å². The third kappa shape index (κ3) is 1.89. The van der Waals surface area contributed by atoms with Gasteiger partial charge < -0.3 is 10.0 Å². The van der Waals surface area contributed by atoms with Gasteiger partial charge in [0.1, 0.15) is 0 Å². The first-order valence-electron chi connectivity index (χ1n) is 5.75. The highest BCUT2D eigenvalue weighted by atomic mass is 16.3. The summed E-state index contributed by atoms with van der Waals surface area (Å²) in [6.07, 6.45) is 4.10. The quantitative estimate of drug-likeness (QED) is 0.825. The van der Waals surface area contributed by atoms with Gasteiger partial charge in [-0.2, -0.15) is 0 Å². The first-order valence-corrected chi connectivity index (χ1v) is 5.75. The summed E-state index contributed by atoms with van der Waals surface area (Å²) < 4.78 is 0. The molecule has 0 amide bonds. The second-order valence-corrected chi connectivity index (χ2v) is 5.01. The third-order valence-corrected chi connectivity index (χ3v) is 3.38. The summed E-state index contributed by atoms with van der Waals surface area (Å²) in [6.45, 7) is 7.39. The van der Waals surface area contributed by atoms with Crippen LogP contribution in [0, 0.1) is 6.92 Å². The predicted octanol–water partition coefficient (Wildman–Crippen LogP) is 1.66. The molecule has 0 radical (unpaired) electrons. The van der Waals surface area contributed by atoms with Gasteiger partial charge in [0.15, 0.2) is 0 Å². The van der Waals surface area contributed by atoms with Crippen molar-refractivity contribution in [2.45, 2.75) is 45.8 Å². The van der Waals surface area contributed by atoms with Crippen molar-refractivity contribution in [3.8, 4) is 0 Å². The SMILES string of the molecule is Cc1nc(N2CCCC2(C)C)ncc1CO. The topological polar surface area (TPSA) is 49.2 Å². The molecule has 2 heterocycles. The van der Waals surface area contributed by atoms with E-state index in [9.17, 15) is 0 Å². The van der Waals surface area contributed by atoms with Crippen molar-refractivity contribution < 1.29 is 5.11 Å². The van der Waals surface area contributed by atoms with Crippen LogP contribution in [-0.4, -0.2) is 27.2 Å². The fourth-order valence-corrected chi connectivity index (χ4v) is 2.24. The molecular formula is C12H19N3O. The molecule has 4 nitrogen and oxygen atoms in total. The Morgan fingerprint density at radius 1 is 1.50 bits per heavy atom. The average molecular weight is 221 g/mol. The first kappa shape index (κ1) is 11.3. The Morgan fingerprint density at radius 3 is 2.75 bits per heavy atom. The second-order valence-electron chi connectivity index (χ2n) is 5.01. The van der Waals surface area contributed by atoms with Crippen LogP contribution >= 0.6 is 0 Å². The molecule has 0 bridgehead atoms. The average Bonchev–Trinajstić information content (AvgIpc) is 2.58. The van der Waals surface area contributed by atoms with Gasteiger partial charge in [0.25, 0.3) is 0 Å². The fraction of sp³-hybridized carbons (Fsp3) is 0.667. The fourth-order valence-electron chi connectivity index (χ4n) is 2.24. The molecule has 2 rings (SSSR count). The van der Waals surface area contributed by atoms with Crippen molar-refractivity contribution in [1.29, 1.82) is 0 Å². The minimum Gasteiger partial charge on any atom is -0.392 e. The van der Waals surface area contributed by atoms with Gasteiger partial charge >= 0.3 is 0 Å². The molecule has 4 heteroatoms. The summed E-state index contributed by atoms with van der Waals surface area (Å²) in [5, 5.41) is 9.08. The van der Waals surface area contributed by atoms with E-state index in [1.807, 2.05) is 6.92 Å². The van der Waals surface area contributed by atoms with Gasteiger partial charge in [-0.25, -0.2) is 9.97 Å². The molecule has 0 spiro atoms. The maximum absolute atomic E-state index is 9.08. The predicted molar refractivity (Wildman–Crippen MR) is 63.4 cm³/mol. The zero-order valence-electron chi connectivity index (χ0n) is 10.2. The van der Waals surface area contributed by atoms with E-state index in [2.05, 4.69) is 28.7 Å². The monoisotopic (exact) mass is 221 g/mol. The molecule has 1 fully saturated rings. The van der Waals surface area contributed by atoms with Crippen molar-refractivity contribution in [2.24, 2.45) is 0 Å². The van der Waals surface area contributed by atoms with Crippen molar-refractivity contribution in [3.63, 3.8) is 0 Å². The summed E-state index contributed by atoms with van der Waals surface area (Å²) in [4.78, 5) is 11.1. The first-order chi connectivity index (χ1) is 7.54. The Bertz CT molecular complexity index is 390. The molecule has 1 aromatic heterocycles. The van der Waals surface area contributed by atoms with Gasteiger partial charge in [0.2, 0.25) is 5.95 Å². The van der Waals surface area contributed by atoms with E-state index in [0.29, 0.717) is 0 Å². The Morgan fingerprint density at radius 2 is 2.25 bits per heavy atom.